The number of fused-ring (bicyclic) bond motifs is 1. The SMILES string of the molecule is SCC1(CSc2ccc3c(c2)OCCO3)CCCC1. The summed E-state index contributed by atoms with van der Waals surface area (Å²) in [7, 11) is 0. The molecule has 1 aromatic carbocycles. The summed E-state index contributed by atoms with van der Waals surface area (Å²) in [6, 6.07) is 6.28. The van der Waals surface area contributed by atoms with Crippen LogP contribution in [-0.4, -0.2) is 24.7 Å². The van der Waals surface area contributed by atoms with Crippen molar-refractivity contribution in [2.24, 2.45) is 5.41 Å². The third kappa shape index (κ3) is 3.00. The molecule has 1 fully saturated rings. The smallest absolute Gasteiger partial charge is 0.162 e. The minimum atomic E-state index is 0.445. The average Bonchev–Trinajstić information content (AvgIpc) is 2.94. The molecule has 1 aromatic rings. The Bertz CT molecular complexity index is 442. The predicted octanol–water partition coefficient (Wildman–Crippen LogP) is 4.04. The van der Waals surface area contributed by atoms with Crippen molar-refractivity contribution in [1.29, 1.82) is 0 Å². The van der Waals surface area contributed by atoms with Crippen molar-refractivity contribution in [2.75, 3.05) is 24.7 Å². The molecule has 0 aromatic heterocycles. The largest absolute Gasteiger partial charge is 0.486 e. The summed E-state index contributed by atoms with van der Waals surface area (Å²) in [5.41, 5.74) is 0.445. The van der Waals surface area contributed by atoms with Crippen LogP contribution in [0.2, 0.25) is 0 Å². The van der Waals surface area contributed by atoms with E-state index in [2.05, 4.69) is 24.8 Å². The third-order valence-corrected chi connectivity index (χ3v) is 6.07. The van der Waals surface area contributed by atoms with Crippen LogP contribution in [0, 0.1) is 5.41 Å². The van der Waals surface area contributed by atoms with E-state index in [1.807, 2.05) is 17.8 Å². The molecular weight excluding hydrogens is 276 g/mol. The highest BCUT2D eigenvalue weighted by Crippen LogP contribution is 2.44. The van der Waals surface area contributed by atoms with Gasteiger partial charge >= 0.3 is 0 Å². The van der Waals surface area contributed by atoms with Crippen molar-refractivity contribution in [2.45, 2.75) is 30.6 Å². The maximum absolute atomic E-state index is 5.63. The normalized spacial score (nSPS) is 20.5. The fraction of sp³-hybridized carbons (Fsp3) is 0.600. The first-order chi connectivity index (χ1) is 9.31. The summed E-state index contributed by atoms with van der Waals surface area (Å²) < 4.78 is 11.2. The van der Waals surface area contributed by atoms with Crippen molar-refractivity contribution >= 4 is 24.4 Å². The Kier molecular flexibility index (Phi) is 4.18. The topological polar surface area (TPSA) is 18.5 Å². The van der Waals surface area contributed by atoms with Gasteiger partial charge in [-0.2, -0.15) is 12.6 Å². The predicted molar refractivity (Wildman–Crippen MR) is 82.9 cm³/mol. The van der Waals surface area contributed by atoms with E-state index >= 15 is 0 Å². The quantitative estimate of drug-likeness (QED) is 0.668. The van der Waals surface area contributed by atoms with E-state index in [1.165, 1.54) is 30.6 Å². The molecule has 0 radical (unpaired) electrons. The molecule has 0 unspecified atom stereocenters. The van der Waals surface area contributed by atoms with Crippen molar-refractivity contribution in [1.82, 2.24) is 0 Å². The molecule has 0 bridgehead atoms. The molecule has 0 spiro atoms. The molecule has 2 aliphatic rings. The Balaban J connectivity index is 1.66. The van der Waals surface area contributed by atoms with Crippen LogP contribution >= 0.6 is 24.4 Å². The molecule has 1 saturated carbocycles. The lowest BCUT2D eigenvalue weighted by molar-refractivity contribution is 0.171. The summed E-state index contributed by atoms with van der Waals surface area (Å²) in [6.07, 6.45) is 5.38. The number of thioether (sulfide) groups is 1. The second-order valence-electron chi connectivity index (χ2n) is 5.46. The highest BCUT2D eigenvalue weighted by atomic mass is 32.2. The summed E-state index contributed by atoms with van der Waals surface area (Å²) in [5, 5.41) is 0. The molecular formula is C15H20O2S2. The Labute approximate surface area is 124 Å². The lowest BCUT2D eigenvalue weighted by atomic mass is 9.91. The van der Waals surface area contributed by atoms with Gasteiger partial charge in [-0.05, 0) is 42.2 Å². The van der Waals surface area contributed by atoms with E-state index < -0.39 is 0 Å². The maximum atomic E-state index is 5.63. The molecule has 2 nitrogen and oxygen atoms in total. The van der Waals surface area contributed by atoms with Gasteiger partial charge in [-0.15, -0.1) is 11.8 Å². The second-order valence-corrected chi connectivity index (χ2v) is 6.82. The molecule has 3 rings (SSSR count). The van der Waals surface area contributed by atoms with Gasteiger partial charge in [0.1, 0.15) is 13.2 Å². The van der Waals surface area contributed by atoms with E-state index in [1.54, 1.807) is 0 Å². The Morgan fingerprint density at radius 2 is 1.84 bits per heavy atom. The first-order valence-corrected chi connectivity index (χ1v) is 8.56. The summed E-state index contributed by atoms with van der Waals surface area (Å²) in [4.78, 5) is 1.28. The summed E-state index contributed by atoms with van der Waals surface area (Å²) >= 11 is 6.50. The molecule has 0 amide bonds. The molecule has 1 heterocycles. The lowest BCUT2D eigenvalue weighted by Crippen LogP contribution is -2.21. The molecule has 19 heavy (non-hydrogen) atoms. The standard InChI is InChI=1S/C15H20O2S2/c18-10-15(5-1-2-6-15)11-19-12-3-4-13-14(9-12)17-8-7-16-13/h3-4,9,18H,1-2,5-8,10-11H2. The zero-order valence-electron chi connectivity index (χ0n) is 11.1. The number of ether oxygens (including phenoxy) is 2. The highest BCUT2D eigenvalue weighted by molar-refractivity contribution is 7.99. The Morgan fingerprint density at radius 3 is 2.58 bits per heavy atom. The van der Waals surface area contributed by atoms with Crippen molar-refractivity contribution in [3.63, 3.8) is 0 Å². The van der Waals surface area contributed by atoms with Gasteiger partial charge in [0.15, 0.2) is 11.5 Å². The highest BCUT2D eigenvalue weighted by Gasteiger charge is 2.32. The monoisotopic (exact) mass is 296 g/mol. The van der Waals surface area contributed by atoms with Gasteiger partial charge < -0.3 is 9.47 Å². The first-order valence-electron chi connectivity index (χ1n) is 6.95. The van der Waals surface area contributed by atoms with Crippen LogP contribution in [0.15, 0.2) is 23.1 Å². The first kappa shape index (κ1) is 13.5. The van der Waals surface area contributed by atoms with E-state index in [9.17, 15) is 0 Å². The van der Waals surface area contributed by atoms with Gasteiger partial charge in [-0.3, -0.25) is 0 Å². The van der Waals surface area contributed by atoms with E-state index in [-0.39, 0.29) is 0 Å². The minimum Gasteiger partial charge on any atom is -0.486 e. The average molecular weight is 296 g/mol. The van der Waals surface area contributed by atoms with Crippen LogP contribution in [0.5, 0.6) is 11.5 Å². The lowest BCUT2D eigenvalue weighted by Gasteiger charge is -2.26. The molecule has 1 aliphatic heterocycles. The zero-order chi connectivity index (χ0) is 13.1. The van der Waals surface area contributed by atoms with E-state index in [4.69, 9.17) is 9.47 Å². The zero-order valence-corrected chi connectivity index (χ0v) is 12.8. The molecule has 4 heteroatoms. The van der Waals surface area contributed by atoms with Crippen LogP contribution in [0.1, 0.15) is 25.7 Å². The Morgan fingerprint density at radius 1 is 1.11 bits per heavy atom. The second kappa shape index (κ2) is 5.88. The van der Waals surface area contributed by atoms with Crippen LogP contribution in [0.25, 0.3) is 0 Å². The van der Waals surface area contributed by atoms with Crippen LogP contribution in [0.3, 0.4) is 0 Å². The van der Waals surface area contributed by atoms with E-state index in [0.29, 0.717) is 18.6 Å². The minimum absolute atomic E-state index is 0.445. The van der Waals surface area contributed by atoms with Crippen LogP contribution in [-0.2, 0) is 0 Å². The molecule has 0 N–H and O–H groups in total. The number of hydrogen-bond donors (Lipinski definition) is 1. The van der Waals surface area contributed by atoms with Gasteiger partial charge in [0, 0.05) is 10.6 Å². The molecule has 104 valence electrons. The number of hydrogen-bond acceptors (Lipinski definition) is 4. The fourth-order valence-corrected chi connectivity index (χ4v) is 4.62. The Hall–Kier alpha value is -0.480. The van der Waals surface area contributed by atoms with Crippen LogP contribution < -0.4 is 9.47 Å². The molecule has 0 atom stereocenters. The van der Waals surface area contributed by atoms with Gasteiger partial charge in [-0.25, -0.2) is 0 Å². The third-order valence-electron chi connectivity index (χ3n) is 4.06. The van der Waals surface area contributed by atoms with Crippen LogP contribution in [0.4, 0.5) is 0 Å². The number of benzene rings is 1. The number of thiol groups is 1. The maximum Gasteiger partial charge on any atom is 0.162 e. The molecule has 1 aliphatic carbocycles. The van der Waals surface area contributed by atoms with Gasteiger partial charge in [0.2, 0.25) is 0 Å². The van der Waals surface area contributed by atoms with Gasteiger partial charge in [-0.1, -0.05) is 12.8 Å². The van der Waals surface area contributed by atoms with Gasteiger partial charge in [0.25, 0.3) is 0 Å². The molecule has 0 saturated heterocycles. The summed E-state index contributed by atoms with van der Waals surface area (Å²) in [5.74, 6) is 3.93. The van der Waals surface area contributed by atoms with Crippen molar-refractivity contribution < 1.29 is 9.47 Å². The van der Waals surface area contributed by atoms with Crippen molar-refractivity contribution in [3.8, 4) is 11.5 Å². The van der Waals surface area contributed by atoms with Gasteiger partial charge in [0.05, 0.1) is 0 Å². The summed E-state index contributed by atoms with van der Waals surface area (Å²) in [6.45, 7) is 1.31. The van der Waals surface area contributed by atoms with E-state index in [0.717, 1.165) is 23.0 Å². The number of rotatable bonds is 4. The van der Waals surface area contributed by atoms with Crippen molar-refractivity contribution in [3.05, 3.63) is 18.2 Å². The fourth-order valence-electron chi connectivity index (χ4n) is 2.82.